The number of nitrogens with zero attached hydrogens (tertiary/aromatic N) is 4. The van der Waals surface area contributed by atoms with Crippen LogP contribution in [0.15, 0.2) is 12.1 Å². The summed E-state index contributed by atoms with van der Waals surface area (Å²) in [6.07, 6.45) is 3.78. The molecule has 0 amide bonds. The highest BCUT2D eigenvalue weighted by Gasteiger charge is 2.23. The second kappa shape index (κ2) is 6.71. The van der Waals surface area contributed by atoms with E-state index in [1.54, 1.807) is 0 Å². The third-order valence-electron chi connectivity index (χ3n) is 4.60. The largest absolute Gasteiger partial charge is 0.375 e. The van der Waals surface area contributed by atoms with Crippen molar-refractivity contribution in [2.75, 3.05) is 13.2 Å². The molecule has 0 N–H and O–H groups in total. The number of hydrogen-bond acceptors (Lipinski definition) is 5. The lowest BCUT2D eigenvalue weighted by Gasteiger charge is -2.19. The molecule has 1 saturated carbocycles. The van der Waals surface area contributed by atoms with Gasteiger partial charge in [-0.1, -0.05) is 5.21 Å². The van der Waals surface area contributed by atoms with Gasteiger partial charge in [-0.05, 0) is 44.2 Å². The molecule has 1 aliphatic heterocycles. The minimum absolute atomic E-state index is 0.609. The number of aryl methyl sites for hydroxylation is 2. The zero-order chi connectivity index (χ0) is 15.6. The average Bonchev–Trinajstić information content (AvgIpc) is 3.21. The van der Waals surface area contributed by atoms with Crippen LogP contribution in [0.5, 0.6) is 0 Å². The lowest BCUT2D eigenvalue weighted by Crippen LogP contribution is -2.23. The van der Waals surface area contributed by atoms with Crippen molar-refractivity contribution in [2.24, 2.45) is 5.92 Å². The van der Waals surface area contributed by atoms with Crippen LogP contribution >= 0.6 is 11.3 Å². The molecule has 1 fully saturated rings. The maximum atomic E-state index is 5.83. The molecule has 0 atom stereocenters. The van der Waals surface area contributed by atoms with E-state index in [4.69, 9.17) is 4.74 Å². The first kappa shape index (κ1) is 15.3. The summed E-state index contributed by atoms with van der Waals surface area (Å²) >= 11 is 1.90. The number of rotatable bonds is 6. The molecule has 23 heavy (non-hydrogen) atoms. The van der Waals surface area contributed by atoms with Gasteiger partial charge in [0.1, 0.15) is 5.69 Å². The van der Waals surface area contributed by atoms with E-state index in [1.807, 2.05) is 11.3 Å². The van der Waals surface area contributed by atoms with Crippen LogP contribution in [-0.4, -0.2) is 33.0 Å². The number of thiophene rings is 1. The Labute approximate surface area is 141 Å². The van der Waals surface area contributed by atoms with Crippen LogP contribution in [0.1, 0.15) is 40.4 Å². The lowest BCUT2D eigenvalue weighted by atomic mass is 10.3. The van der Waals surface area contributed by atoms with Gasteiger partial charge in [-0.2, -0.15) is 0 Å². The molecule has 0 saturated heterocycles. The summed E-state index contributed by atoms with van der Waals surface area (Å²) in [4.78, 5) is 5.34. The van der Waals surface area contributed by atoms with E-state index in [2.05, 4.69) is 39.0 Å². The molecule has 2 aliphatic rings. The number of hydrogen-bond donors (Lipinski definition) is 0. The maximum absolute atomic E-state index is 5.83. The fourth-order valence-electron chi connectivity index (χ4n) is 3.10. The predicted molar refractivity (Wildman–Crippen MR) is 90.2 cm³/mol. The third kappa shape index (κ3) is 3.82. The molecule has 2 aromatic rings. The zero-order valence-electron chi connectivity index (χ0n) is 13.7. The Balaban J connectivity index is 1.42. The molecule has 0 aromatic carbocycles. The Kier molecular flexibility index (Phi) is 4.46. The minimum atomic E-state index is 0.609. The SMILES string of the molecule is Cc1ccc(CN2CCCn3nnc(COCC4CC4)c3C2)s1. The van der Waals surface area contributed by atoms with Crippen molar-refractivity contribution in [1.82, 2.24) is 19.9 Å². The molecule has 0 bridgehead atoms. The van der Waals surface area contributed by atoms with Crippen molar-refractivity contribution >= 4 is 11.3 Å². The first-order valence-electron chi connectivity index (χ1n) is 8.54. The van der Waals surface area contributed by atoms with Gasteiger partial charge in [0, 0.05) is 42.5 Å². The van der Waals surface area contributed by atoms with Crippen molar-refractivity contribution in [1.29, 1.82) is 0 Å². The van der Waals surface area contributed by atoms with E-state index >= 15 is 0 Å². The lowest BCUT2D eigenvalue weighted by molar-refractivity contribution is 0.107. The Morgan fingerprint density at radius 2 is 2.22 bits per heavy atom. The summed E-state index contributed by atoms with van der Waals surface area (Å²) in [7, 11) is 0. The summed E-state index contributed by atoms with van der Waals surface area (Å²) in [5.41, 5.74) is 2.27. The highest BCUT2D eigenvalue weighted by atomic mass is 32.1. The summed E-state index contributed by atoms with van der Waals surface area (Å²) in [6.45, 7) is 7.68. The van der Waals surface area contributed by atoms with Crippen molar-refractivity contribution in [3.05, 3.63) is 33.3 Å². The predicted octanol–water partition coefficient (Wildman–Crippen LogP) is 2.98. The number of aromatic nitrogens is 3. The van der Waals surface area contributed by atoms with E-state index in [1.165, 1.54) is 28.3 Å². The highest BCUT2D eigenvalue weighted by Crippen LogP contribution is 2.29. The van der Waals surface area contributed by atoms with E-state index in [0.717, 1.165) is 50.8 Å². The summed E-state index contributed by atoms with van der Waals surface area (Å²) in [5.74, 6) is 0.794. The van der Waals surface area contributed by atoms with Crippen LogP contribution in [0.25, 0.3) is 0 Å². The van der Waals surface area contributed by atoms with E-state index in [-0.39, 0.29) is 0 Å². The normalized spacial score (nSPS) is 18.8. The third-order valence-corrected chi connectivity index (χ3v) is 5.59. The standard InChI is InChI=1S/C17H24N4OS/c1-13-3-6-15(23-13)9-20-7-2-8-21-17(10-20)16(18-19-21)12-22-11-14-4-5-14/h3,6,14H,2,4-5,7-12H2,1H3. The molecule has 0 radical (unpaired) electrons. The Bertz CT molecular complexity index is 661. The van der Waals surface area contributed by atoms with E-state index < -0.39 is 0 Å². The second-order valence-electron chi connectivity index (χ2n) is 6.74. The smallest absolute Gasteiger partial charge is 0.113 e. The van der Waals surface area contributed by atoms with Crippen molar-refractivity contribution in [3.8, 4) is 0 Å². The molecule has 5 nitrogen and oxygen atoms in total. The summed E-state index contributed by atoms with van der Waals surface area (Å²) < 4.78 is 7.91. The fourth-order valence-corrected chi connectivity index (χ4v) is 4.03. The second-order valence-corrected chi connectivity index (χ2v) is 8.11. The van der Waals surface area contributed by atoms with Crippen molar-refractivity contribution < 1.29 is 4.74 Å². The van der Waals surface area contributed by atoms with E-state index in [9.17, 15) is 0 Å². The molecule has 124 valence electrons. The quantitative estimate of drug-likeness (QED) is 0.816. The van der Waals surface area contributed by atoms with Crippen LogP contribution in [0, 0.1) is 12.8 Å². The maximum Gasteiger partial charge on any atom is 0.113 e. The monoisotopic (exact) mass is 332 g/mol. The van der Waals surface area contributed by atoms with Crippen LogP contribution in [-0.2, 0) is 31.0 Å². The average molecular weight is 332 g/mol. The first-order chi connectivity index (χ1) is 11.3. The Hall–Kier alpha value is -1.24. The summed E-state index contributed by atoms with van der Waals surface area (Å²) in [5, 5.41) is 8.70. The highest BCUT2D eigenvalue weighted by molar-refractivity contribution is 7.11. The summed E-state index contributed by atoms with van der Waals surface area (Å²) in [6, 6.07) is 4.46. The van der Waals surface area contributed by atoms with Gasteiger partial charge in [-0.25, -0.2) is 4.68 Å². The van der Waals surface area contributed by atoms with Gasteiger partial charge in [0.2, 0.25) is 0 Å². The van der Waals surface area contributed by atoms with Crippen molar-refractivity contribution in [3.63, 3.8) is 0 Å². The van der Waals surface area contributed by atoms with Gasteiger partial charge < -0.3 is 4.74 Å². The van der Waals surface area contributed by atoms with Gasteiger partial charge in [0.05, 0.1) is 12.3 Å². The molecule has 3 heterocycles. The first-order valence-corrected chi connectivity index (χ1v) is 9.36. The van der Waals surface area contributed by atoms with Crippen LogP contribution in [0.4, 0.5) is 0 Å². The van der Waals surface area contributed by atoms with E-state index in [0.29, 0.717) is 6.61 Å². The van der Waals surface area contributed by atoms with Gasteiger partial charge in [0.25, 0.3) is 0 Å². The fraction of sp³-hybridized carbons (Fsp3) is 0.647. The Morgan fingerprint density at radius 1 is 1.30 bits per heavy atom. The Morgan fingerprint density at radius 3 is 3.00 bits per heavy atom. The van der Waals surface area contributed by atoms with Crippen LogP contribution < -0.4 is 0 Å². The van der Waals surface area contributed by atoms with Crippen LogP contribution in [0.2, 0.25) is 0 Å². The molecule has 0 unspecified atom stereocenters. The molecular formula is C17H24N4OS. The molecular weight excluding hydrogens is 308 g/mol. The van der Waals surface area contributed by atoms with Gasteiger partial charge >= 0.3 is 0 Å². The molecule has 6 heteroatoms. The molecule has 0 spiro atoms. The van der Waals surface area contributed by atoms with Gasteiger partial charge in [0.15, 0.2) is 0 Å². The molecule has 4 rings (SSSR count). The zero-order valence-corrected chi connectivity index (χ0v) is 14.5. The molecule has 1 aliphatic carbocycles. The van der Waals surface area contributed by atoms with Crippen molar-refractivity contribution in [2.45, 2.75) is 52.4 Å². The minimum Gasteiger partial charge on any atom is -0.375 e. The molecule has 2 aromatic heterocycles. The van der Waals surface area contributed by atoms with Gasteiger partial charge in [-0.3, -0.25) is 4.90 Å². The number of ether oxygens (including phenoxy) is 1. The topological polar surface area (TPSA) is 43.2 Å². The van der Waals surface area contributed by atoms with Gasteiger partial charge in [-0.15, -0.1) is 16.4 Å². The number of fused-ring (bicyclic) bond motifs is 1. The van der Waals surface area contributed by atoms with Crippen LogP contribution in [0.3, 0.4) is 0 Å².